The van der Waals surface area contributed by atoms with E-state index in [2.05, 4.69) is 21.2 Å². The third-order valence-corrected chi connectivity index (χ3v) is 3.99. The van der Waals surface area contributed by atoms with Crippen LogP contribution < -0.4 is 5.32 Å². The molecular weight excluding hydrogens is 331 g/mol. The smallest absolute Gasteiger partial charge is 0.378 e. The minimum atomic E-state index is -4.30. The van der Waals surface area contributed by atoms with Crippen molar-refractivity contribution in [3.05, 3.63) is 63.6 Å². The van der Waals surface area contributed by atoms with Crippen LogP contribution in [0.2, 0.25) is 0 Å². The second-order valence-electron chi connectivity index (χ2n) is 4.82. The lowest BCUT2D eigenvalue weighted by molar-refractivity contribution is -0.137. The molecule has 1 aliphatic heterocycles. The third kappa shape index (κ3) is 2.54. The van der Waals surface area contributed by atoms with Gasteiger partial charge in [0.15, 0.2) is 0 Å². The zero-order valence-corrected chi connectivity index (χ0v) is 11.9. The van der Waals surface area contributed by atoms with E-state index < -0.39 is 11.7 Å². The van der Waals surface area contributed by atoms with E-state index in [1.807, 2.05) is 24.3 Å². The van der Waals surface area contributed by atoms with Gasteiger partial charge in [0, 0.05) is 10.2 Å². The Morgan fingerprint density at radius 2 is 1.75 bits per heavy atom. The number of halogens is 4. The van der Waals surface area contributed by atoms with Gasteiger partial charge in [-0.05, 0) is 41.8 Å². The number of alkyl halides is 3. The fourth-order valence-corrected chi connectivity index (χ4v) is 2.68. The van der Waals surface area contributed by atoms with Crippen molar-refractivity contribution in [1.29, 1.82) is 0 Å². The fraction of sp³-hybridized carbons (Fsp3) is 0.200. The first-order valence-electron chi connectivity index (χ1n) is 6.15. The van der Waals surface area contributed by atoms with Gasteiger partial charge in [0.25, 0.3) is 0 Å². The highest BCUT2D eigenvalue weighted by Gasteiger charge is 2.32. The van der Waals surface area contributed by atoms with Crippen LogP contribution in [-0.4, -0.2) is 0 Å². The number of rotatable bonds is 1. The van der Waals surface area contributed by atoms with Crippen LogP contribution in [0.1, 0.15) is 22.7 Å². The summed E-state index contributed by atoms with van der Waals surface area (Å²) in [5.41, 5.74) is 1.96. The van der Waals surface area contributed by atoms with Crippen LogP contribution in [-0.2, 0) is 12.6 Å². The molecule has 1 nitrogen and oxygen atoms in total. The number of hydrogen-bond donors (Lipinski definition) is 1. The Balaban J connectivity index is 1.87. The molecule has 0 bridgehead atoms. The van der Waals surface area contributed by atoms with Gasteiger partial charge in [0.05, 0.1) is 11.6 Å². The van der Waals surface area contributed by atoms with Crippen molar-refractivity contribution in [2.75, 3.05) is 5.32 Å². The van der Waals surface area contributed by atoms with Crippen molar-refractivity contribution in [2.45, 2.75) is 18.6 Å². The summed E-state index contributed by atoms with van der Waals surface area (Å²) in [6.07, 6.45) is -3.60. The number of fused-ring (bicyclic) bond motifs is 1. The maximum atomic E-state index is 12.7. The van der Waals surface area contributed by atoms with Gasteiger partial charge < -0.3 is 5.32 Å². The lowest BCUT2D eigenvalue weighted by Gasteiger charge is -2.12. The maximum absolute atomic E-state index is 12.7. The molecule has 2 aromatic rings. The molecule has 1 heterocycles. The Hall–Kier alpha value is -1.49. The first-order valence-corrected chi connectivity index (χ1v) is 6.95. The summed E-state index contributed by atoms with van der Waals surface area (Å²) >= 11 is 3.37. The number of anilines is 1. The van der Waals surface area contributed by atoms with E-state index in [9.17, 15) is 13.2 Å². The molecule has 0 spiro atoms. The van der Waals surface area contributed by atoms with Gasteiger partial charge in [-0.25, -0.2) is 0 Å². The molecule has 0 fully saturated rings. The molecular formula is C15H11BrF3N. The maximum Gasteiger partial charge on any atom is 0.416 e. The van der Waals surface area contributed by atoms with E-state index in [4.69, 9.17) is 0 Å². The predicted molar refractivity (Wildman–Crippen MR) is 75.7 cm³/mol. The minimum absolute atomic E-state index is 0.0292. The predicted octanol–water partition coefficient (Wildman–Crippen LogP) is 5.18. The van der Waals surface area contributed by atoms with Crippen LogP contribution in [0.3, 0.4) is 0 Å². The first-order chi connectivity index (χ1) is 9.43. The lowest BCUT2D eigenvalue weighted by atomic mass is 10.0. The summed E-state index contributed by atoms with van der Waals surface area (Å²) < 4.78 is 39.0. The van der Waals surface area contributed by atoms with Gasteiger partial charge in [-0.2, -0.15) is 13.2 Å². The summed E-state index contributed by atoms with van der Waals surface area (Å²) in [7, 11) is 0. The summed E-state index contributed by atoms with van der Waals surface area (Å²) in [5, 5.41) is 3.17. The van der Waals surface area contributed by atoms with Gasteiger partial charge in [0.2, 0.25) is 0 Å². The number of hydrogen-bond acceptors (Lipinski definition) is 1. The van der Waals surface area contributed by atoms with E-state index in [0.717, 1.165) is 21.7 Å². The molecule has 20 heavy (non-hydrogen) atoms. The van der Waals surface area contributed by atoms with Crippen LogP contribution in [0.5, 0.6) is 0 Å². The molecule has 0 saturated heterocycles. The molecule has 1 N–H and O–H groups in total. The number of benzene rings is 2. The molecule has 3 rings (SSSR count). The number of nitrogens with one attached hydrogen (secondary N) is 1. The largest absolute Gasteiger partial charge is 0.416 e. The zero-order chi connectivity index (χ0) is 14.3. The van der Waals surface area contributed by atoms with E-state index in [1.165, 1.54) is 6.07 Å². The molecule has 0 radical (unpaired) electrons. The van der Waals surface area contributed by atoms with Gasteiger partial charge in [-0.3, -0.25) is 0 Å². The van der Waals surface area contributed by atoms with Crippen molar-refractivity contribution in [3.8, 4) is 0 Å². The Kier molecular flexibility index (Phi) is 3.24. The second kappa shape index (κ2) is 4.81. The van der Waals surface area contributed by atoms with Gasteiger partial charge >= 0.3 is 6.18 Å². The minimum Gasteiger partial charge on any atom is -0.378 e. The van der Waals surface area contributed by atoms with Crippen LogP contribution in [0, 0.1) is 0 Å². The summed E-state index contributed by atoms with van der Waals surface area (Å²) in [6.45, 7) is 0. The highest BCUT2D eigenvalue weighted by molar-refractivity contribution is 9.10. The third-order valence-electron chi connectivity index (χ3n) is 3.46. The van der Waals surface area contributed by atoms with Crippen LogP contribution in [0.25, 0.3) is 0 Å². The van der Waals surface area contributed by atoms with Crippen molar-refractivity contribution < 1.29 is 13.2 Å². The Bertz CT molecular complexity index is 635. The SMILES string of the molecule is FC(F)(F)c1ccc2c(c1)NC(c1ccc(Br)cc1)C2. The highest BCUT2D eigenvalue weighted by atomic mass is 79.9. The summed E-state index contributed by atoms with van der Waals surface area (Å²) in [4.78, 5) is 0. The molecule has 1 unspecified atom stereocenters. The molecule has 0 saturated carbocycles. The molecule has 5 heteroatoms. The average Bonchev–Trinajstić information content (AvgIpc) is 2.81. The molecule has 0 aromatic heterocycles. The second-order valence-corrected chi connectivity index (χ2v) is 5.74. The van der Waals surface area contributed by atoms with Crippen molar-refractivity contribution >= 4 is 21.6 Å². The normalized spacial score (nSPS) is 17.7. The quantitative estimate of drug-likeness (QED) is 0.753. The van der Waals surface area contributed by atoms with Crippen LogP contribution >= 0.6 is 15.9 Å². The van der Waals surface area contributed by atoms with Crippen LogP contribution in [0.4, 0.5) is 18.9 Å². The zero-order valence-electron chi connectivity index (χ0n) is 10.3. The monoisotopic (exact) mass is 341 g/mol. The average molecular weight is 342 g/mol. The van der Waals surface area contributed by atoms with E-state index in [1.54, 1.807) is 6.07 Å². The van der Waals surface area contributed by atoms with E-state index >= 15 is 0 Å². The Labute approximate surface area is 122 Å². The summed E-state index contributed by atoms with van der Waals surface area (Å²) in [5.74, 6) is 0. The van der Waals surface area contributed by atoms with Crippen molar-refractivity contribution in [2.24, 2.45) is 0 Å². The molecule has 2 aromatic carbocycles. The van der Waals surface area contributed by atoms with Crippen molar-refractivity contribution in [3.63, 3.8) is 0 Å². The molecule has 1 atom stereocenters. The highest BCUT2D eigenvalue weighted by Crippen LogP contribution is 2.38. The van der Waals surface area contributed by atoms with Crippen LogP contribution in [0.15, 0.2) is 46.9 Å². The standard InChI is InChI=1S/C15H11BrF3N/c16-12-5-2-9(3-6-12)13-7-10-1-4-11(15(17,18)19)8-14(10)20-13/h1-6,8,13,20H,7H2. The van der Waals surface area contributed by atoms with E-state index in [0.29, 0.717) is 12.1 Å². The Morgan fingerprint density at radius 3 is 2.40 bits per heavy atom. The van der Waals surface area contributed by atoms with Crippen molar-refractivity contribution in [1.82, 2.24) is 0 Å². The van der Waals surface area contributed by atoms with Gasteiger partial charge in [0.1, 0.15) is 0 Å². The molecule has 104 valence electrons. The topological polar surface area (TPSA) is 12.0 Å². The summed E-state index contributed by atoms with van der Waals surface area (Å²) in [6, 6.07) is 11.7. The van der Waals surface area contributed by atoms with Gasteiger partial charge in [-0.1, -0.05) is 34.1 Å². The fourth-order valence-electron chi connectivity index (χ4n) is 2.42. The molecule has 1 aliphatic rings. The molecule has 0 aliphatic carbocycles. The lowest BCUT2D eigenvalue weighted by Crippen LogP contribution is -2.06. The van der Waals surface area contributed by atoms with Gasteiger partial charge in [-0.15, -0.1) is 0 Å². The first kappa shape index (κ1) is 13.5. The molecule has 0 amide bonds. The van der Waals surface area contributed by atoms with E-state index in [-0.39, 0.29) is 6.04 Å². The Morgan fingerprint density at radius 1 is 1.05 bits per heavy atom.